The van der Waals surface area contributed by atoms with E-state index in [1.807, 2.05) is 49.4 Å². The van der Waals surface area contributed by atoms with Crippen LogP contribution in [-0.2, 0) is 19.7 Å². The van der Waals surface area contributed by atoms with Gasteiger partial charge in [-0.3, -0.25) is 0 Å². The van der Waals surface area contributed by atoms with Gasteiger partial charge in [0.2, 0.25) is 5.95 Å². The SMILES string of the molecule is CCn1nnnc1NCc1cc(Br)cc(OC)c1OCc1ccccc1. The van der Waals surface area contributed by atoms with Crippen molar-refractivity contribution in [2.75, 3.05) is 12.4 Å². The fourth-order valence-corrected chi connectivity index (χ4v) is 3.00. The van der Waals surface area contributed by atoms with E-state index in [-0.39, 0.29) is 0 Å². The van der Waals surface area contributed by atoms with E-state index < -0.39 is 0 Å². The van der Waals surface area contributed by atoms with E-state index in [1.54, 1.807) is 11.8 Å². The minimum atomic E-state index is 0.457. The lowest BCUT2D eigenvalue weighted by atomic mass is 10.1. The minimum Gasteiger partial charge on any atom is -0.493 e. The molecule has 0 aliphatic carbocycles. The number of aryl methyl sites for hydroxylation is 1. The first kappa shape index (κ1) is 18.2. The van der Waals surface area contributed by atoms with Crippen molar-refractivity contribution in [3.63, 3.8) is 0 Å². The Bertz CT molecular complexity index is 854. The number of ether oxygens (including phenoxy) is 2. The summed E-state index contributed by atoms with van der Waals surface area (Å²) >= 11 is 3.52. The highest BCUT2D eigenvalue weighted by molar-refractivity contribution is 9.10. The molecule has 7 nitrogen and oxygen atoms in total. The van der Waals surface area contributed by atoms with E-state index in [2.05, 4.69) is 36.8 Å². The van der Waals surface area contributed by atoms with Crippen LogP contribution in [0.1, 0.15) is 18.1 Å². The number of hydrogen-bond donors (Lipinski definition) is 1. The third-order valence-electron chi connectivity index (χ3n) is 3.81. The number of aromatic nitrogens is 4. The van der Waals surface area contributed by atoms with Gasteiger partial charge in [0.05, 0.1) is 7.11 Å². The van der Waals surface area contributed by atoms with Crippen LogP contribution in [0.2, 0.25) is 0 Å². The smallest absolute Gasteiger partial charge is 0.243 e. The molecule has 136 valence electrons. The molecule has 1 N–H and O–H groups in total. The molecule has 0 fully saturated rings. The monoisotopic (exact) mass is 417 g/mol. The Morgan fingerprint density at radius 2 is 2.00 bits per heavy atom. The fourth-order valence-electron chi connectivity index (χ4n) is 2.52. The zero-order valence-electron chi connectivity index (χ0n) is 14.6. The number of hydrogen-bond acceptors (Lipinski definition) is 6. The molecule has 0 aliphatic heterocycles. The first-order valence-corrected chi connectivity index (χ1v) is 9.03. The Morgan fingerprint density at radius 1 is 1.19 bits per heavy atom. The zero-order valence-corrected chi connectivity index (χ0v) is 16.2. The summed E-state index contributed by atoms with van der Waals surface area (Å²) in [7, 11) is 1.63. The van der Waals surface area contributed by atoms with Crippen LogP contribution in [0.15, 0.2) is 46.9 Å². The lowest BCUT2D eigenvalue weighted by Gasteiger charge is -2.16. The van der Waals surface area contributed by atoms with E-state index in [0.717, 1.165) is 15.6 Å². The predicted octanol–water partition coefficient (Wildman–Crippen LogP) is 3.66. The second kappa shape index (κ2) is 8.66. The number of nitrogens with one attached hydrogen (secondary N) is 1. The van der Waals surface area contributed by atoms with Crippen LogP contribution in [0.3, 0.4) is 0 Å². The number of nitrogens with zero attached hydrogens (tertiary/aromatic N) is 4. The molecule has 0 bridgehead atoms. The molecule has 0 amide bonds. The molecule has 8 heteroatoms. The first-order valence-electron chi connectivity index (χ1n) is 8.24. The summed E-state index contributed by atoms with van der Waals surface area (Å²) < 4.78 is 14.2. The third-order valence-corrected chi connectivity index (χ3v) is 4.27. The van der Waals surface area contributed by atoms with E-state index in [9.17, 15) is 0 Å². The molecular formula is C18H20BrN5O2. The van der Waals surface area contributed by atoms with Gasteiger partial charge in [0.15, 0.2) is 11.5 Å². The Hall–Kier alpha value is -2.61. The molecule has 1 heterocycles. The van der Waals surface area contributed by atoms with Crippen molar-refractivity contribution in [1.29, 1.82) is 0 Å². The summed E-state index contributed by atoms with van der Waals surface area (Å²) in [5.41, 5.74) is 2.03. The summed E-state index contributed by atoms with van der Waals surface area (Å²) in [6, 6.07) is 13.9. The molecule has 0 saturated heterocycles. The van der Waals surface area contributed by atoms with Crippen molar-refractivity contribution in [2.45, 2.75) is 26.6 Å². The Balaban J connectivity index is 1.82. The maximum Gasteiger partial charge on any atom is 0.243 e. The molecular weight excluding hydrogens is 398 g/mol. The molecule has 26 heavy (non-hydrogen) atoms. The maximum absolute atomic E-state index is 6.08. The van der Waals surface area contributed by atoms with Crippen LogP contribution in [0.5, 0.6) is 11.5 Å². The van der Waals surface area contributed by atoms with Gasteiger partial charge in [-0.2, -0.15) is 0 Å². The van der Waals surface area contributed by atoms with E-state index in [0.29, 0.717) is 37.1 Å². The van der Waals surface area contributed by atoms with Gasteiger partial charge >= 0.3 is 0 Å². The van der Waals surface area contributed by atoms with Gasteiger partial charge in [-0.15, -0.1) is 0 Å². The average Bonchev–Trinajstić information content (AvgIpc) is 3.13. The predicted molar refractivity (Wildman–Crippen MR) is 102 cm³/mol. The summed E-state index contributed by atoms with van der Waals surface area (Å²) in [5, 5.41) is 14.9. The molecule has 0 aliphatic rings. The quantitative estimate of drug-likeness (QED) is 0.602. The fraction of sp³-hybridized carbons (Fsp3) is 0.278. The summed E-state index contributed by atoms with van der Waals surface area (Å²) in [6.07, 6.45) is 0. The van der Waals surface area contributed by atoms with Crippen LogP contribution >= 0.6 is 15.9 Å². The van der Waals surface area contributed by atoms with Crippen molar-refractivity contribution in [2.24, 2.45) is 0 Å². The number of halogens is 1. The van der Waals surface area contributed by atoms with Gasteiger partial charge in [-0.25, -0.2) is 4.68 Å². The Morgan fingerprint density at radius 3 is 2.73 bits per heavy atom. The van der Waals surface area contributed by atoms with Crippen molar-refractivity contribution in [1.82, 2.24) is 20.2 Å². The molecule has 0 saturated carbocycles. The molecule has 0 spiro atoms. The van der Waals surface area contributed by atoms with E-state index >= 15 is 0 Å². The van der Waals surface area contributed by atoms with Gasteiger partial charge < -0.3 is 14.8 Å². The zero-order chi connectivity index (χ0) is 18.4. The van der Waals surface area contributed by atoms with Crippen molar-refractivity contribution < 1.29 is 9.47 Å². The number of methoxy groups -OCH3 is 1. The molecule has 2 aromatic carbocycles. The van der Waals surface area contributed by atoms with Crippen LogP contribution in [0, 0.1) is 0 Å². The number of anilines is 1. The molecule has 1 aromatic heterocycles. The average molecular weight is 418 g/mol. The highest BCUT2D eigenvalue weighted by Gasteiger charge is 2.14. The second-order valence-electron chi connectivity index (χ2n) is 5.54. The first-order chi connectivity index (χ1) is 12.7. The molecule has 3 rings (SSSR count). The van der Waals surface area contributed by atoms with Crippen LogP contribution in [0.25, 0.3) is 0 Å². The summed E-state index contributed by atoms with van der Waals surface area (Å²) in [6.45, 7) is 3.63. The number of tetrazole rings is 1. The van der Waals surface area contributed by atoms with Gasteiger partial charge in [0.1, 0.15) is 6.61 Å². The van der Waals surface area contributed by atoms with Crippen LogP contribution in [0.4, 0.5) is 5.95 Å². The van der Waals surface area contributed by atoms with Crippen LogP contribution < -0.4 is 14.8 Å². The summed E-state index contributed by atoms with van der Waals surface area (Å²) in [4.78, 5) is 0. The number of rotatable bonds is 8. The Labute approximate surface area is 160 Å². The van der Waals surface area contributed by atoms with Crippen LogP contribution in [-0.4, -0.2) is 27.3 Å². The second-order valence-corrected chi connectivity index (χ2v) is 6.46. The highest BCUT2D eigenvalue weighted by atomic mass is 79.9. The van der Waals surface area contributed by atoms with Gasteiger partial charge in [-0.05, 0) is 35.0 Å². The van der Waals surface area contributed by atoms with E-state index in [4.69, 9.17) is 9.47 Å². The lowest BCUT2D eigenvalue weighted by molar-refractivity contribution is 0.281. The van der Waals surface area contributed by atoms with Gasteiger partial charge in [0.25, 0.3) is 0 Å². The topological polar surface area (TPSA) is 74.1 Å². The van der Waals surface area contributed by atoms with Crippen molar-refractivity contribution >= 4 is 21.9 Å². The summed E-state index contributed by atoms with van der Waals surface area (Å²) in [5.74, 6) is 1.98. The standard InChI is InChI=1S/C18H20BrN5O2/c1-3-24-18(21-22-23-24)20-11-14-9-15(19)10-16(25-2)17(14)26-12-13-7-5-4-6-8-13/h4-10H,3,11-12H2,1-2H3,(H,20,21,23). The van der Waals surface area contributed by atoms with Crippen molar-refractivity contribution in [3.05, 3.63) is 58.1 Å². The van der Waals surface area contributed by atoms with Crippen molar-refractivity contribution in [3.8, 4) is 11.5 Å². The molecule has 0 atom stereocenters. The largest absolute Gasteiger partial charge is 0.493 e. The van der Waals surface area contributed by atoms with Gasteiger partial charge in [-0.1, -0.05) is 51.4 Å². The van der Waals surface area contributed by atoms with Gasteiger partial charge in [0, 0.05) is 23.1 Å². The van der Waals surface area contributed by atoms with E-state index in [1.165, 1.54) is 0 Å². The Kier molecular flexibility index (Phi) is 6.06. The number of benzene rings is 2. The molecule has 0 radical (unpaired) electrons. The molecule has 3 aromatic rings. The minimum absolute atomic E-state index is 0.457. The lowest BCUT2D eigenvalue weighted by Crippen LogP contribution is -2.09. The normalized spacial score (nSPS) is 10.6. The highest BCUT2D eigenvalue weighted by Crippen LogP contribution is 2.35. The third kappa shape index (κ3) is 4.32. The molecule has 0 unspecified atom stereocenters. The maximum atomic E-state index is 6.08.